The second kappa shape index (κ2) is 6.08. The fourth-order valence-corrected chi connectivity index (χ4v) is 1.74. The smallest absolute Gasteiger partial charge is 0.263 e. The Morgan fingerprint density at radius 2 is 2.56 bits per heavy atom. The van der Waals surface area contributed by atoms with Gasteiger partial charge in [-0.1, -0.05) is 6.92 Å². The number of hydrogen-bond acceptors (Lipinski definition) is 5. The molecule has 6 heteroatoms. The van der Waals surface area contributed by atoms with Crippen LogP contribution in [0.2, 0.25) is 0 Å². The van der Waals surface area contributed by atoms with Gasteiger partial charge < -0.3 is 10.1 Å². The molecule has 16 heavy (non-hydrogen) atoms. The van der Waals surface area contributed by atoms with Crippen LogP contribution in [0, 0.1) is 11.3 Å². The minimum atomic E-state index is -0.206. The summed E-state index contributed by atoms with van der Waals surface area (Å²) in [5, 5.41) is 11.3. The molecule has 5 nitrogen and oxygen atoms in total. The van der Waals surface area contributed by atoms with E-state index in [-0.39, 0.29) is 11.9 Å². The van der Waals surface area contributed by atoms with Crippen LogP contribution in [0.1, 0.15) is 29.4 Å². The Bertz CT molecular complexity index is 397. The molecule has 0 radical (unpaired) electrons. The maximum atomic E-state index is 11.7. The average Bonchev–Trinajstić information content (AvgIpc) is 2.76. The van der Waals surface area contributed by atoms with Crippen LogP contribution in [-0.4, -0.2) is 23.4 Å². The van der Waals surface area contributed by atoms with Crippen molar-refractivity contribution in [3.63, 3.8) is 0 Å². The summed E-state index contributed by atoms with van der Waals surface area (Å²) in [7, 11) is 1.50. The highest BCUT2D eigenvalue weighted by atomic mass is 32.1. The molecule has 0 saturated carbocycles. The zero-order chi connectivity index (χ0) is 12.0. The maximum Gasteiger partial charge on any atom is 0.263 e. The Morgan fingerprint density at radius 3 is 3.06 bits per heavy atom. The molecular formula is C10H13N3O2S. The van der Waals surface area contributed by atoms with Crippen molar-refractivity contribution in [2.75, 3.05) is 7.11 Å². The third kappa shape index (κ3) is 3.21. The number of nitrogens with one attached hydrogen (secondary N) is 1. The Morgan fingerprint density at radius 1 is 1.81 bits per heavy atom. The fourth-order valence-electron chi connectivity index (χ4n) is 1.13. The first kappa shape index (κ1) is 12.5. The Kier molecular flexibility index (Phi) is 4.73. The average molecular weight is 239 g/mol. The summed E-state index contributed by atoms with van der Waals surface area (Å²) >= 11 is 1.08. The van der Waals surface area contributed by atoms with Gasteiger partial charge in [-0.05, 0) is 18.0 Å². The molecule has 0 saturated heterocycles. The molecule has 1 rings (SSSR count). The van der Waals surface area contributed by atoms with Crippen LogP contribution in [-0.2, 0) is 0 Å². The SMILES string of the molecule is CC[C@H](CC#N)NC(=O)c1cc(OC)ns1. The number of amides is 1. The van der Waals surface area contributed by atoms with E-state index in [4.69, 9.17) is 10.00 Å². The molecule has 1 aromatic rings. The molecule has 0 fully saturated rings. The molecule has 0 bridgehead atoms. The van der Waals surface area contributed by atoms with Crippen molar-refractivity contribution in [1.29, 1.82) is 5.26 Å². The molecular weight excluding hydrogens is 226 g/mol. The third-order valence-corrected chi connectivity index (χ3v) is 2.86. The Balaban J connectivity index is 2.61. The predicted octanol–water partition coefficient (Wildman–Crippen LogP) is 1.57. The number of carbonyl (C=O) groups is 1. The van der Waals surface area contributed by atoms with E-state index in [1.165, 1.54) is 7.11 Å². The van der Waals surface area contributed by atoms with Gasteiger partial charge in [-0.3, -0.25) is 4.79 Å². The summed E-state index contributed by atoms with van der Waals surface area (Å²) in [6, 6.07) is 3.52. The summed E-state index contributed by atoms with van der Waals surface area (Å²) in [6.07, 6.45) is 1.05. The predicted molar refractivity (Wildman–Crippen MR) is 60.4 cm³/mol. The minimum absolute atomic E-state index is 0.106. The molecule has 1 N–H and O–H groups in total. The summed E-state index contributed by atoms with van der Waals surface area (Å²) in [5.74, 6) is 0.228. The van der Waals surface area contributed by atoms with E-state index in [1.54, 1.807) is 6.07 Å². The summed E-state index contributed by atoms with van der Waals surface area (Å²) in [5.41, 5.74) is 0. The molecule has 0 aliphatic carbocycles. The van der Waals surface area contributed by atoms with E-state index in [1.807, 2.05) is 13.0 Å². The monoisotopic (exact) mass is 239 g/mol. The van der Waals surface area contributed by atoms with Crippen molar-refractivity contribution in [3.05, 3.63) is 10.9 Å². The molecule has 0 aliphatic heterocycles. The zero-order valence-electron chi connectivity index (χ0n) is 9.19. The number of methoxy groups -OCH3 is 1. The number of rotatable bonds is 5. The number of carbonyl (C=O) groups excluding carboxylic acids is 1. The van der Waals surface area contributed by atoms with Crippen LogP contribution in [0.4, 0.5) is 0 Å². The highest BCUT2D eigenvalue weighted by Gasteiger charge is 2.14. The number of ether oxygens (including phenoxy) is 1. The van der Waals surface area contributed by atoms with Crippen molar-refractivity contribution in [3.8, 4) is 11.9 Å². The molecule has 86 valence electrons. The van der Waals surface area contributed by atoms with Gasteiger partial charge in [0.1, 0.15) is 4.88 Å². The lowest BCUT2D eigenvalue weighted by molar-refractivity contribution is 0.0940. The third-order valence-electron chi connectivity index (χ3n) is 2.09. The van der Waals surface area contributed by atoms with E-state index in [2.05, 4.69) is 9.69 Å². The molecule has 1 aromatic heterocycles. The summed E-state index contributed by atoms with van der Waals surface area (Å²) < 4.78 is 8.82. The van der Waals surface area contributed by atoms with Crippen molar-refractivity contribution in [1.82, 2.24) is 9.69 Å². The lowest BCUT2D eigenvalue weighted by Crippen LogP contribution is -2.33. The van der Waals surface area contributed by atoms with Gasteiger partial charge in [0.25, 0.3) is 5.91 Å². The van der Waals surface area contributed by atoms with E-state index in [0.717, 1.165) is 18.0 Å². The van der Waals surface area contributed by atoms with Crippen LogP contribution in [0.5, 0.6) is 5.88 Å². The second-order valence-corrected chi connectivity index (χ2v) is 3.98. The van der Waals surface area contributed by atoms with E-state index < -0.39 is 0 Å². The van der Waals surface area contributed by atoms with Gasteiger partial charge in [-0.15, -0.1) is 0 Å². The van der Waals surface area contributed by atoms with Gasteiger partial charge in [0, 0.05) is 12.1 Å². The maximum absolute atomic E-state index is 11.7. The lowest BCUT2D eigenvalue weighted by Gasteiger charge is -2.11. The van der Waals surface area contributed by atoms with Crippen LogP contribution in [0.3, 0.4) is 0 Å². The largest absolute Gasteiger partial charge is 0.480 e. The first-order valence-electron chi connectivity index (χ1n) is 4.89. The lowest BCUT2D eigenvalue weighted by atomic mass is 10.1. The first-order valence-corrected chi connectivity index (χ1v) is 5.67. The molecule has 1 amide bonds. The van der Waals surface area contributed by atoms with E-state index in [0.29, 0.717) is 17.2 Å². The summed E-state index contributed by atoms with van der Waals surface area (Å²) in [6.45, 7) is 1.93. The van der Waals surface area contributed by atoms with Crippen molar-refractivity contribution < 1.29 is 9.53 Å². The second-order valence-electron chi connectivity index (χ2n) is 3.17. The quantitative estimate of drug-likeness (QED) is 0.846. The highest BCUT2D eigenvalue weighted by molar-refractivity contribution is 7.08. The molecule has 0 unspecified atom stereocenters. The standard InChI is InChI=1S/C10H13N3O2S/c1-3-7(4-5-11)12-10(14)8-6-9(15-2)13-16-8/h6-7H,3-4H2,1-2H3,(H,12,14)/t7-/m1/s1. The van der Waals surface area contributed by atoms with Gasteiger partial charge >= 0.3 is 0 Å². The van der Waals surface area contributed by atoms with Gasteiger partial charge in [0.05, 0.1) is 19.6 Å². The fraction of sp³-hybridized carbons (Fsp3) is 0.500. The molecule has 0 aliphatic rings. The first-order chi connectivity index (χ1) is 7.71. The Labute approximate surface area is 98.2 Å². The highest BCUT2D eigenvalue weighted by Crippen LogP contribution is 2.16. The van der Waals surface area contributed by atoms with E-state index >= 15 is 0 Å². The minimum Gasteiger partial charge on any atom is -0.480 e. The van der Waals surface area contributed by atoms with Crippen LogP contribution >= 0.6 is 11.5 Å². The number of nitriles is 1. The zero-order valence-corrected chi connectivity index (χ0v) is 10.0. The van der Waals surface area contributed by atoms with E-state index in [9.17, 15) is 4.79 Å². The molecule has 0 aromatic carbocycles. The van der Waals surface area contributed by atoms with Crippen molar-refractivity contribution in [2.24, 2.45) is 0 Å². The topological polar surface area (TPSA) is 75.0 Å². The molecule has 0 spiro atoms. The Hall–Kier alpha value is -1.61. The molecule has 1 heterocycles. The van der Waals surface area contributed by atoms with Crippen LogP contribution < -0.4 is 10.1 Å². The number of nitrogens with zero attached hydrogens (tertiary/aromatic N) is 2. The van der Waals surface area contributed by atoms with Crippen molar-refractivity contribution >= 4 is 17.4 Å². The number of aromatic nitrogens is 1. The van der Waals surface area contributed by atoms with Gasteiger partial charge in [0.2, 0.25) is 5.88 Å². The normalized spacial score (nSPS) is 11.6. The van der Waals surface area contributed by atoms with Crippen molar-refractivity contribution in [2.45, 2.75) is 25.8 Å². The van der Waals surface area contributed by atoms with Gasteiger partial charge in [-0.2, -0.15) is 9.64 Å². The van der Waals surface area contributed by atoms with Crippen LogP contribution in [0.25, 0.3) is 0 Å². The van der Waals surface area contributed by atoms with Gasteiger partial charge in [-0.25, -0.2) is 0 Å². The van der Waals surface area contributed by atoms with Crippen LogP contribution in [0.15, 0.2) is 6.07 Å². The summed E-state index contributed by atoms with van der Waals surface area (Å²) in [4.78, 5) is 12.2. The molecule has 1 atom stereocenters. The number of hydrogen-bond donors (Lipinski definition) is 1. The van der Waals surface area contributed by atoms with Gasteiger partial charge in [0.15, 0.2) is 0 Å².